The van der Waals surface area contributed by atoms with Gasteiger partial charge in [0, 0.05) is 18.5 Å². The van der Waals surface area contributed by atoms with Crippen molar-refractivity contribution in [1.82, 2.24) is 10.2 Å². The fourth-order valence-corrected chi connectivity index (χ4v) is 2.51. The molecule has 1 N–H and O–H groups in total. The van der Waals surface area contributed by atoms with Crippen LogP contribution in [0.2, 0.25) is 0 Å². The molecule has 21 heavy (non-hydrogen) atoms. The summed E-state index contributed by atoms with van der Waals surface area (Å²) < 4.78 is 0. The first kappa shape index (κ1) is 15.2. The van der Waals surface area contributed by atoms with Gasteiger partial charge in [0.1, 0.15) is 6.04 Å². The highest BCUT2D eigenvalue weighted by molar-refractivity contribution is 6.05. The predicted octanol–water partition coefficient (Wildman–Crippen LogP) is 1.47. The molecule has 0 aromatic rings. The lowest BCUT2D eigenvalue weighted by atomic mass is 10.0. The number of nitrogens with one attached hydrogen (secondary N) is 1. The number of rotatable bonds is 3. The zero-order valence-electron chi connectivity index (χ0n) is 12.6. The Labute approximate surface area is 124 Å². The first-order valence-electron chi connectivity index (χ1n) is 7.09. The Bertz CT molecular complexity index is 584. The zero-order valence-corrected chi connectivity index (χ0v) is 12.6. The van der Waals surface area contributed by atoms with Crippen molar-refractivity contribution in [2.45, 2.75) is 39.7 Å². The highest BCUT2D eigenvalue weighted by atomic mass is 16.2. The molecular formula is C16H20N2O3. The van der Waals surface area contributed by atoms with Crippen molar-refractivity contribution >= 4 is 17.7 Å². The van der Waals surface area contributed by atoms with Crippen LogP contribution in [-0.2, 0) is 14.4 Å². The maximum absolute atomic E-state index is 12.5. The Morgan fingerprint density at radius 2 is 2.05 bits per heavy atom. The Balaban J connectivity index is 2.14. The molecule has 5 heteroatoms. The summed E-state index contributed by atoms with van der Waals surface area (Å²) in [6.07, 6.45) is 6.34. The second-order valence-electron chi connectivity index (χ2n) is 5.46. The van der Waals surface area contributed by atoms with Crippen molar-refractivity contribution in [1.29, 1.82) is 0 Å². The van der Waals surface area contributed by atoms with Gasteiger partial charge < -0.3 is 4.90 Å². The Kier molecular flexibility index (Phi) is 4.40. The summed E-state index contributed by atoms with van der Waals surface area (Å²) >= 11 is 0. The number of carbonyl (C=O) groups excluding carboxylic acids is 3. The van der Waals surface area contributed by atoms with E-state index in [4.69, 9.17) is 0 Å². The molecule has 112 valence electrons. The number of nitrogens with zero attached hydrogens (tertiary/aromatic N) is 1. The van der Waals surface area contributed by atoms with Crippen molar-refractivity contribution in [3.63, 3.8) is 0 Å². The van der Waals surface area contributed by atoms with E-state index >= 15 is 0 Å². The van der Waals surface area contributed by atoms with Crippen molar-refractivity contribution in [2.24, 2.45) is 0 Å². The van der Waals surface area contributed by atoms with Gasteiger partial charge in [0.05, 0.1) is 0 Å². The van der Waals surface area contributed by atoms with E-state index in [1.807, 2.05) is 32.9 Å². The van der Waals surface area contributed by atoms with Gasteiger partial charge in [-0.1, -0.05) is 17.7 Å². The van der Waals surface area contributed by atoms with Crippen LogP contribution >= 0.6 is 0 Å². The van der Waals surface area contributed by atoms with Crippen LogP contribution in [0.25, 0.3) is 0 Å². The molecule has 3 amide bonds. The first-order chi connectivity index (χ1) is 9.93. The molecule has 1 fully saturated rings. The molecule has 0 aromatic heterocycles. The first-order valence-corrected chi connectivity index (χ1v) is 7.09. The summed E-state index contributed by atoms with van der Waals surface area (Å²) in [5.41, 5.74) is 2.66. The molecule has 0 saturated carbocycles. The van der Waals surface area contributed by atoms with Gasteiger partial charge >= 0.3 is 0 Å². The summed E-state index contributed by atoms with van der Waals surface area (Å²) in [5, 5.41) is 2.30. The molecule has 2 rings (SSSR count). The molecule has 1 unspecified atom stereocenters. The summed E-state index contributed by atoms with van der Waals surface area (Å²) in [5.74, 6) is -0.777. The minimum atomic E-state index is -0.543. The van der Waals surface area contributed by atoms with Crippen LogP contribution in [0.1, 0.15) is 33.6 Å². The molecular weight excluding hydrogens is 268 g/mol. The van der Waals surface area contributed by atoms with Gasteiger partial charge in [-0.05, 0) is 38.8 Å². The monoisotopic (exact) mass is 288 g/mol. The second kappa shape index (κ2) is 6.08. The van der Waals surface area contributed by atoms with E-state index in [9.17, 15) is 14.4 Å². The topological polar surface area (TPSA) is 66.5 Å². The van der Waals surface area contributed by atoms with Gasteiger partial charge in [-0.15, -0.1) is 0 Å². The minimum Gasteiger partial charge on any atom is -0.323 e. The van der Waals surface area contributed by atoms with Gasteiger partial charge in [-0.3, -0.25) is 19.7 Å². The van der Waals surface area contributed by atoms with Gasteiger partial charge in [-0.2, -0.15) is 0 Å². The van der Waals surface area contributed by atoms with Crippen LogP contribution in [0.4, 0.5) is 0 Å². The third kappa shape index (κ3) is 3.12. The van der Waals surface area contributed by atoms with Gasteiger partial charge in [-0.25, -0.2) is 0 Å². The Hall–Kier alpha value is -2.17. The molecule has 2 heterocycles. The van der Waals surface area contributed by atoms with Crippen LogP contribution in [0.5, 0.6) is 0 Å². The molecule has 0 spiro atoms. The van der Waals surface area contributed by atoms with Gasteiger partial charge in [0.2, 0.25) is 11.8 Å². The van der Waals surface area contributed by atoms with E-state index in [2.05, 4.69) is 5.32 Å². The minimum absolute atomic E-state index is 0.137. The quantitative estimate of drug-likeness (QED) is 0.632. The largest absolute Gasteiger partial charge is 0.323 e. The van der Waals surface area contributed by atoms with E-state index in [1.54, 1.807) is 11.0 Å². The van der Waals surface area contributed by atoms with E-state index in [0.29, 0.717) is 18.5 Å². The highest BCUT2D eigenvalue weighted by Gasteiger charge is 2.38. The average Bonchev–Trinajstić information content (AvgIpc) is 2.71. The molecule has 2 aliphatic rings. The lowest BCUT2D eigenvalue weighted by molar-refractivity contribution is -0.142. The molecule has 1 saturated heterocycles. The van der Waals surface area contributed by atoms with E-state index < -0.39 is 6.04 Å². The number of imide groups is 1. The van der Waals surface area contributed by atoms with Crippen LogP contribution in [0.15, 0.2) is 34.9 Å². The van der Waals surface area contributed by atoms with Crippen LogP contribution in [0.3, 0.4) is 0 Å². The molecule has 0 bridgehead atoms. The number of amides is 3. The normalized spacial score (nSPS) is 24.3. The molecule has 0 aromatic carbocycles. The Morgan fingerprint density at radius 1 is 1.33 bits per heavy atom. The lowest BCUT2D eigenvalue weighted by Crippen LogP contribution is -2.53. The molecule has 0 radical (unpaired) electrons. The van der Waals surface area contributed by atoms with E-state index in [-0.39, 0.29) is 24.1 Å². The lowest BCUT2D eigenvalue weighted by Gasteiger charge is -2.29. The van der Waals surface area contributed by atoms with Crippen molar-refractivity contribution in [3.05, 3.63) is 34.9 Å². The van der Waals surface area contributed by atoms with Crippen LogP contribution < -0.4 is 5.32 Å². The number of hydrogen-bond donors (Lipinski definition) is 1. The summed E-state index contributed by atoms with van der Waals surface area (Å²) in [6.45, 7) is 6.24. The van der Waals surface area contributed by atoms with Crippen LogP contribution in [0, 0.1) is 0 Å². The zero-order chi connectivity index (χ0) is 15.6. The smallest absolute Gasteiger partial charge is 0.254 e. The summed E-state index contributed by atoms with van der Waals surface area (Å²) in [4.78, 5) is 37.1. The van der Waals surface area contributed by atoms with Crippen molar-refractivity contribution in [3.8, 4) is 0 Å². The van der Waals surface area contributed by atoms with Crippen molar-refractivity contribution in [2.75, 3.05) is 6.54 Å². The molecule has 1 atom stereocenters. The number of piperidine rings is 1. The van der Waals surface area contributed by atoms with Crippen molar-refractivity contribution < 1.29 is 14.4 Å². The van der Waals surface area contributed by atoms with Crippen LogP contribution in [-0.4, -0.2) is 35.2 Å². The third-order valence-corrected chi connectivity index (χ3v) is 3.91. The number of carbonyl (C=O) groups is 3. The molecule has 0 aliphatic carbocycles. The molecule has 2 aliphatic heterocycles. The second-order valence-corrected chi connectivity index (χ2v) is 5.46. The summed E-state index contributed by atoms with van der Waals surface area (Å²) in [6, 6.07) is -0.543. The third-order valence-electron chi connectivity index (χ3n) is 3.91. The predicted molar refractivity (Wildman–Crippen MR) is 79.2 cm³/mol. The number of allylic oxidation sites excluding steroid dienone is 3. The summed E-state index contributed by atoms with van der Waals surface area (Å²) in [7, 11) is 0. The fraction of sp³-hybridized carbons (Fsp3) is 0.438. The van der Waals surface area contributed by atoms with E-state index in [1.165, 1.54) is 0 Å². The fourth-order valence-electron chi connectivity index (χ4n) is 2.51. The number of hydrogen-bond acceptors (Lipinski definition) is 3. The maximum atomic E-state index is 12.5. The van der Waals surface area contributed by atoms with Gasteiger partial charge in [0.25, 0.3) is 5.91 Å². The maximum Gasteiger partial charge on any atom is 0.254 e. The molecule has 5 nitrogen and oxygen atoms in total. The average molecular weight is 288 g/mol. The van der Waals surface area contributed by atoms with E-state index in [0.717, 1.165) is 11.1 Å². The van der Waals surface area contributed by atoms with Gasteiger partial charge in [0.15, 0.2) is 0 Å². The standard InChI is InChI=1S/C16H20N2O3/c1-4-10(2)5-6-12-11(3)9-18(16(12)21)13-7-8-14(19)17-15(13)20/h4-6,13H,7-9H2,1-3H3,(H,17,19,20)/b6-5-,10-4-. The SMILES string of the molecule is C/C=C(C)\C=C/C1=C(C)CN(C2CCC(=O)NC2=O)C1=O. The Morgan fingerprint density at radius 3 is 2.67 bits per heavy atom. The highest BCUT2D eigenvalue weighted by Crippen LogP contribution is 2.25.